The molecule has 1 aromatic rings. The number of halogens is 1. The topological polar surface area (TPSA) is 42.0 Å². The number of hydrogen-bond acceptors (Lipinski definition) is 3. The maximum Gasteiger partial charge on any atom is 0.263 e. The first-order valence-corrected chi connectivity index (χ1v) is 6.16. The van der Waals surface area contributed by atoms with Crippen molar-refractivity contribution in [1.29, 1.82) is 0 Å². The summed E-state index contributed by atoms with van der Waals surface area (Å²) in [7, 11) is 0. The number of rotatable bonds is 4. The van der Waals surface area contributed by atoms with Crippen molar-refractivity contribution in [3.63, 3.8) is 0 Å². The zero-order valence-electron chi connectivity index (χ0n) is 9.08. The summed E-state index contributed by atoms with van der Waals surface area (Å²) in [4.78, 5) is 16.3. The molecule has 0 radical (unpaired) electrons. The van der Waals surface area contributed by atoms with Gasteiger partial charge in [-0.25, -0.2) is 4.98 Å². The molecule has 0 aromatic carbocycles. The van der Waals surface area contributed by atoms with E-state index in [1.807, 2.05) is 20.8 Å². The van der Waals surface area contributed by atoms with Gasteiger partial charge in [0.15, 0.2) is 0 Å². The molecule has 15 heavy (non-hydrogen) atoms. The van der Waals surface area contributed by atoms with Gasteiger partial charge in [-0.05, 0) is 12.8 Å². The van der Waals surface area contributed by atoms with Crippen LogP contribution in [0.3, 0.4) is 0 Å². The molecule has 0 aliphatic heterocycles. The van der Waals surface area contributed by atoms with Crippen molar-refractivity contribution in [1.82, 2.24) is 10.3 Å². The monoisotopic (exact) mass is 246 g/mol. The molecule has 0 saturated heterocycles. The zero-order chi connectivity index (χ0) is 11.4. The number of aromatic nitrogens is 1. The summed E-state index contributed by atoms with van der Waals surface area (Å²) in [6.45, 7) is 6.38. The Hall–Kier alpha value is -0.610. The van der Waals surface area contributed by atoms with E-state index in [-0.39, 0.29) is 11.3 Å². The molecule has 1 N–H and O–H groups in total. The number of aryl methyl sites for hydroxylation is 1. The molecule has 0 fully saturated rings. The van der Waals surface area contributed by atoms with Gasteiger partial charge in [-0.1, -0.05) is 13.8 Å². The van der Waals surface area contributed by atoms with E-state index >= 15 is 0 Å². The minimum atomic E-state index is -0.0821. The molecular weight excluding hydrogens is 232 g/mol. The first kappa shape index (κ1) is 12.5. The molecule has 1 atom stereocenters. The smallest absolute Gasteiger partial charge is 0.263 e. The van der Waals surface area contributed by atoms with Crippen molar-refractivity contribution in [2.75, 3.05) is 6.54 Å². The SMILES string of the molecule is Cc1ncsc1C(=O)NCC(Cl)C(C)C. The fraction of sp³-hybridized carbons (Fsp3) is 0.600. The van der Waals surface area contributed by atoms with Crippen molar-refractivity contribution < 1.29 is 4.79 Å². The number of carbonyl (C=O) groups excluding carboxylic acids is 1. The lowest BCUT2D eigenvalue weighted by Crippen LogP contribution is -2.31. The Kier molecular flexibility index (Phi) is 4.54. The van der Waals surface area contributed by atoms with Gasteiger partial charge < -0.3 is 5.32 Å². The fourth-order valence-electron chi connectivity index (χ4n) is 1.03. The van der Waals surface area contributed by atoms with E-state index in [1.165, 1.54) is 11.3 Å². The molecule has 1 unspecified atom stereocenters. The fourth-order valence-corrected chi connectivity index (χ4v) is 1.82. The van der Waals surface area contributed by atoms with E-state index in [9.17, 15) is 4.79 Å². The highest BCUT2D eigenvalue weighted by atomic mass is 35.5. The van der Waals surface area contributed by atoms with Gasteiger partial charge in [0.05, 0.1) is 16.6 Å². The Morgan fingerprint density at radius 3 is 2.80 bits per heavy atom. The first-order chi connectivity index (χ1) is 7.02. The Bertz CT molecular complexity index is 338. The van der Waals surface area contributed by atoms with Crippen molar-refractivity contribution in [2.24, 2.45) is 5.92 Å². The number of alkyl halides is 1. The van der Waals surface area contributed by atoms with Gasteiger partial charge in [0.2, 0.25) is 0 Å². The Balaban J connectivity index is 2.47. The maximum atomic E-state index is 11.7. The third-order valence-corrected chi connectivity index (χ3v) is 3.72. The average molecular weight is 247 g/mol. The highest BCUT2D eigenvalue weighted by Gasteiger charge is 2.14. The number of hydrogen-bond donors (Lipinski definition) is 1. The number of thiazole rings is 1. The van der Waals surface area contributed by atoms with Crippen LogP contribution < -0.4 is 5.32 Å². The van der Waals surface area contributed by atoms with Gasteiger partial charge >= 0.3 is 0 Å². The second kappa shape index (κ2) is 5.47. The standard InChI is InChI=1S/C10H15ClN2OS/c1-6(2)8(11)4-12-10(14)9-7(3)13-5-15-9/h5-6,8H,4H2,1-3H3,(H,12,14). The normalized spacial score (nSPS) is 12.9. The average Bonchev–Trinajstić information content (AvgIpc) is 2.60. The van der Waals surface area contributed by atoms with Crippen LogP contribution in [-0.4, -0.2) is 22.8 Å². The van der Waals surface area contributed by atoms with Gasteiger partial charge in [0, 0.05) is 6.54 Å². The van der Waals surface area contributed by atoms with Crippen LogP contribution in [0.2, 0.25) is 0 Å². The Labute approximate surface area is 98.9 Å². The van der Waals surface area contributed by atoms with Crippen molar-refractivity contribution >= 4 is 28.8 Å². The summed E-state index contributed by atoms with van der Waals surface area (Å²) in [6.07, 6.45) is 0. The largest absolute Gasteiger partial charge is 0.350 e. The first-order valence-electron chi connectivity index (χ1n) is 4.84. The Morgan fingerprint density at radius 2 is 2.33 bits per heavy atom. The van der Waals surface area contributed by atoms with Crippen LogP contribution in [0, 0.1) is 12.8 Å². The quantitative estimate of drug-likeness (QED) is 0.830. The number of nitrogens with zero attached hydrogens (tertiary/aromatic N) is 1. The molecule has 0 bridgehead atoms. The maximum absolute atomic E-state index is 11.7. The summed E-state index contributed by atoms with van der Waals surface area (Å²) in [5.74, 6) is 0.274. The lowest BCUT2D eigenvalue weighted by Gasteiger charge is -2.13. The minimum absolute atomic E-state index is 0.0258. The highest BCUT2D eigenvalue weighted by Crippen LogP contribution is 2.12. The summed E-state index contributed by atoms with van der Waals surface area (Å²) in [5.41, 5.74) is 2.44. The second-order valence-electron chi connectivity index (χ2n) is 3.74. The zero-order valence-corrected chi connectivity index (χ0v) is 10.7. The van der Waals surface area contributed by atoms with Crippen LogP contribution in [0.4, 0.5) is 0 Å². The molecular formula is C10H15ClN2OS. The van der Waals surface area contributed by atoms with Crippen molar-refractivity contribution in [2.45, 2.75) is 26.1 Å². The van der Waals surface area contributed by atoms with Gasteiger partial charge in [-0.15, -0.1) is 22.9 Å². The van der Waals surface area contributed by atoms with Gasteiger partial charge in [0.25, 0.3) is 5.91 Å². The Morgan fingerprint density at radius 1 is 1.67 bits per heavy atom. The molecule has 0 aliphatic rings. The second-order valence-corrected chi connectivity index (χ2v) is 5.15. The van der Waals surface area contributed by atoms with Crippen LogP contribution in [0.15, 0.2) is 5.51 Å². The number of carbonyl (C=O) groups is 1. The van der Waals surface area contributed by atoms with E-state index in [2.05, 4.69) is 10.3 Å². The molecule has 1 heterocycles. The third-order valence-electron chi connectivity index (χ3n) is 2.13. The van der Waals surface area contributed by atoms with Crippen LogP contribution in [0.5, 0.6) is 0 Å². The summed E-state index contributed by atoms with van der Waals surface area (Å²) in [6, 6.07) is 0. The predicted octanol–water partition coefficient (Wildman–Crippen LogP) is 2.44. The molecule has 0 saturated carbocycles. The van der Waals surface area contributed by atoms with Crippen LogP contribution in [0.25, 0.3) is 0 Å². The summed E-state index contributed by atoms with van der Waals surface area (Å²) < 4.78 is 0. The third kappa shape index (κ3) is 3.47. The molecule has 5 heteroatoms. The van der Waals surface area contributed by atoms with E-state index in [0.717, 1.165) is 5.69 Å². The minimum Gasteiger partial charge on any atom is -0.350 e. The van der Waals surface area contributed by atoms with Crippen LogP contribution in [0.1, 0.15) is 29.2 Å². The van der Waals surface area contributed by atoms with E-state index in [4.69, 9.17) is 11.6 Å². The van der Waals surface area contributed by atoms with Gasteiger partial charge in [-0.2, -0.15) is 0 Å². The van der Waals surface area contributed by atoms with Crippen molar-refractivity contribution in [3.8, 4) is 0 Å². The highest BCUT2D eigenvalue weighted by molar-refractivity contribution is 7.11. The van der Waals surface area contributed by atoms with Crippen LogP contribution in [-0.2, 0) is 0 Å². The summed E-state index contributed by atoms with van der Waals surface area (Å²) in [5, 5.41) is 2.78. The van der Waals surface area contributed by atoms with E-state index in [1.54, 1.807) is 5.51 Å². The molecule has 0 spiro atoms. The van der Waals surface area contributed by atoms with E-state index < -0.39 is 0 Å². The van der Waals surface area contributed by atoms with Gasteiger partial charge in [-0.3, -0.25) is 4.79 Å². The molecule has 1 rings (SSSR count). The summed E-state index contributed by atoms with van der Waals surface area (Å²) >= 11 is 7.39. The molecule has 3 nitrogen and oxygen atoms in total. The van der Waals surface area contributed by atoms with E-state index in [0.29, 0.717) is 17.3 Å². The predicted molar refractivity (Wildman–Crippen MR) is 63.7 cm³/mol. The molecule has 1 aromatic heterocycles. The lowest BCUT2D eigenvalue weighted by atomic mass is 10.1. The van der Waals surface area contributed by atoms with Gasteiger partial charge in [0.1, 0.15) is 4.88 Å². The number of amides is 1. The molecule has 1 amide bonds. The van der Waals surface area contributed by atoms with Crippen LogP contribution >= 0.6 is 22.9 Å². The molecule has 0 aliphatic carbocycles. The van der Waals surface area contributed by atoms with Crippen molar-refractivity contribution in [3.05, 3.63) is 16.1 Å². The number of nitrogens with one attached hydrogen (secondary N) is 1. The lowest BCUT2D eigenvalue weighted by molar-refractivity contribution is 0.0955. The molecule has 84 valence electrons.